The van der Waals surface area contributed by atoms with Crippen LogP contribution in [0.4, 0.5) is 0 Å². The van der Waals surface area contributed by atoms with Gasteiger partial charge in [0.2, 0.25) is 0 Å². The SMILES string of the molecule is COC(=O)[C@H](CC1CCNCC1)C(C)NC(=O)c1ccc(-c2ccccc2)cc1. The van der Waals surface area contributed by atoms with E-state index in [1.165, 1.54) is 7.11 Å². The van der Waals surface area contributed by atoms with Crippen LogP contribution in [0, 0.1) is 11.8 Å². The van der Waals surface area contributed by atoms with Crippen molar-refractivity contribution >= 4 is 11.9 Å². The van der Waals surface area contributed by atoms with Gasteiger partial charge in [0.25, 0.3) is 5.91 Å². The number of amides is 1. The summed E-state index contributed by atoms with van der Waals surface area (Å²) in [5, 5.41) is 6.35. The number of carbonyl (C=O) groups excluding carboxylic acids is 2. The van der Waals surface area contributed by atoms with E-state index in [9.17, 15) is 9.59 Å². The molecular weight excluding hydrogens is 364 g/mol. The average Bonchev–Trinajstić information content (AvgIpc) is 2.78. The lowest BCUT2D eigenvalue weighted by atomic mass is 9.84. The number of hydrogen-bond donors (Lipinski definition) is 2. The Balaban J connectivity index is 1.64. The van der Waals surface area contributed by atoms with E-state index in [-0.39, 0.29) is 23.8 Å². The lowest BCUT2D eigenvalue weighted by Crippen LogP contribution is -2.43. The standard InChI is InChI=1S/C24H30N2O3/c1-17(22(24(28)29-2)16-18-12-14-25-15-13-18)26-23(27)21-10-8-20(9-11-21)19-6-4-3-5-7-19/h3-11,17-18,22,25H,12-16H2,1-2H3,(H,26,27)/t17?,22-/m1/s1. The second kappa shape index (κ2) is 10.2. The Labute approximate surface area is 172 Å². The van der Waals surface area contributed by atoms with Crippen LogP contribution >= 0.6 is 0 Å². The van der Waals surface area contributed by atoms with Crippen LogP contribution in [0.1, 0.15) is 36.5 Å². The first-order valence-corrected chi connectivity index (χ1v) is 10.3. The van der Waals surface area contributed by atoms with E-state index in [1.807, 2.05) is 61.5 Å². The van der Waals surface area contributed by atoms with Crippen LogP contribution in [0.3, 0.4) is 0 Å². The number of hydrogen-bond acceptors (Lipinski definition) is 4. The highest BCUT2D eigenvalue weighted by Crippen LogP contribution is 2.25. The predicted octanol–water partition coefficient (Wildman–Crippen LogP) is 3.65. The Morgan fingerprint density at radius 1 is 1.03 bits per heavy atom. The molecular formula is C24H30N2O3. The van der Waals surface area contributed by atoms with E-state index in [0.717, 1.165) is 43.5 Å². The smallest absolute Gasteiger partial charge is 0.310 e. The molecule has 2 N–H and O–H groups in total. The van der Waals surface area contributed by atoms with E-state index >= 15 is 0 Å². The van der Waals surface area contributed by atoms with Crippen LogP contribution in [0.2, 0.25) is 0 Å². The molecule has 1 aliphatic rings. The minimum Gasteiger partial charge on any atom is -0.469 e. The number of methoxy groups -OCH3 is 1. The van der Waals surface area contributed by atoms with Crippen molar-refractivity contribution in [3.05, 3.63) is 60.2 Å². The first-order chi connectivity index (χ1) is 14.1. The molecule has 0 aliphatic carbocycles. The number of carbonyl (C=O) groups is 2. The third-order valence-electron chi connectivity index (χ3n) is 5.77. The van der Waals surface area contributed by atoms with Crippen molar-refractivity contribution in [1.29, 1.82) is 0 Å². The van der Waals surface area contributed by atoms with E-state index in [1.54, 1.807) is 0 Å². The van der Waals surface area contributed by atoms with Gasteiger partial charge in [0.1, 0.15) is 0 Å². The molecule has 0 aromatic heterocycles. The second-order valence-corrected chi connectivity index (χ2v) is 7.76. The van der Waals surface area contributed by atoms with Crippen molar-refractivity contribution in [1.82, 2.24) is 10.6 Å². The molecule has 3 rings (SSSR count). The van der Waals surface area contributed by atoms with Gasteiger partial charge in [0, 0.05) is 11.6 Å². The van der Waals surface area contributed by atoms with Crippen LogP contribution in [0.25, 0.3) is 11.1 Å². The molecule has 154 valence electrons. The van der Waals surface area contributed by atoms with Crippen LogP contribution in [-0.4, -0.2) is 38.1 Å². The van der Waals surface area contributed by atoms with Crippen molar-refractivity contribution in [3.8, 4) is 11.1 Å². The summed E-state index contributed by atoms with van der Waals surface area (Å²) in [6.07, 6.45) is 2.84. The second-order valence-electron chi connectivity index (χ2n) is 7.76. The maximum Gasteiger partial charge on any atom is 0.310 e. The minimum atomic E-state index is -0.337. The third-order valence-corrected chi connectivity index (χ3v) is 5.77. The average molecular weight is 395 g/mol. The molecule has 0 bridgehead atoms. The Hall–Kier alpha value is -2.66. The zero-order valence-corrected chi connectivity index (χ0v) is 17.2. The van der Waals surface area contributed by atoms with Crippen LogP contribution in [-0.2, 0) is 9.53 Å². The molecule has 2 atom stereocenters. The predicted molar refractivity (Wildman–Crippen MR) is 115 cm³/mol. The number of ether oxygens (including phenoxy) is 1. The Bertz CT molecular complexity index is 799. The quantitative estimate of drug-likeness (QED) is 0.704. The summed E-state index contributed by atoms with van der Waals surface area (Å²) in [4.78, 5) is 25.1. The molecule has 0 saturated carbocycles. The summed E-state index contributed by atoms with van der Waals surface area (Å²) in [5.74, 6) is -0.285. The summed E-state index contributed by atoms with van der Waals surface area (Å²) in [5.41, 5.74) is 2.76. The van der Waals surface area contributed by atoms with Gasteiger partial charge in [-0.05, 0) is 68.5 Å². The largest absolute Gasteiger partial charge is 0.469 e. The minimum absolute atomic E-state index is 0.170. The summed E-state index contributed by atoms with van der Waals surface area (Å²) < 4.78 is 5.02. The van der Waals surface area contributed by atoms with Crippen LogP contribution < -0.4 is 10.6 Å². The van der Waals surface area contributed by atoms with E-state index in [4.69, 9.17) is 4.74 Å². The fourth-order valence-electron chi connectivity index (χ4n) is 3.97. The van der Waals surface area contributed by atoms with Gasteiger partial charge in [-0.25, -0.2) is 0 Å². The normalized spacial score (nSPS) is 16.6. The van der Waals surface area contributed by atoms with Crippen molar-refractivity contribution in [3.63, 3.8) is 0 Å². The number of piperidine rings is 1. The highest BCUT2D eigenvalue weighted by Gasteiger charge is 2.30. The summed E-state index contributed by atoms with van der Waals surface area (Å²) >= 11 is 0. The molecule has 1 aliphatic heterocycles. The zero-order chi connectivity index (χ0) is 20.6. The molecule has 0 spiro atoms. The molecule has 1 fully saturated rings. The Morgan fingerprint density at radius 2 is 1.66 bits per heavy atom. The van der Waals surface area contributed by atoms with Crippen molar-refractivity contribution < 1.29 is 14.3 Å². The number of nitrogens with one attached hydrogen (secondary N) is 2. The highest BCUT2D eigenvalue weighted by molar-refractivity contribution is 5.95. The maximum absolute atomic E-state index is 12.7. The number of benzene rings is 2. The lowest BCUT2D eigenvalue weighted by molar-refractivity contribution is -0.147. The molecule has 2 aromatic carbocycles. The Kier molecular flexibility index (Phi) is 7.42. The van der Waals surface area contributed by atoms with E-state index in [0.29, 0.717) is 11.5 Å². The highest BCUT2D eigenvalue weighted by atomic mass is 16.5. The lowest BCUT2D eigenvalue weighted by Gasteiger charge is -2.29. The topological polar surface area (TPSA) is 67.4 Å². The Morgan fingerprint density at radius 3 is 2.28 bits per heavy atom. The molecule has 1 unspecified atom stereocenters. The molecule has 1 saturated heterocycles. The van der Waals surface area contributed by atoms with E-state index < -0.39 is 0 Å². The maximum atomic E-state index is 12.7. The van der Waals surface area contributed by atoms with Gasteiger partial charge in [-0.15, -0.1) is 0 Å². The fraction of sp³-hybridized carbons (Fsp3) is 0.417. The molecule has 2 aromatic rings. The first kappa shape index (κ1) is 21.1. The van der Waals surface area contributed by atoms with Gasteiger partial charge < -0.3 is 15.4 Å². The number of esters is 1. The molecule has 0 radical (unpaired) electrons. The van der Waals surface area contributed by atoms with Gasteiger partial charge in [0.15, 0.2) is 0 Å². The van der Waals surface area contributed by atoms with E-state index in [2.05, 4.69) is 10.6 Å². The molecule has 5 heteroatoms. The van der Waals surface area contributed by atoms with Crippen LogP contribution in [0.15, 0.2) is 54.6 Å². The summed E-state index contributed by atoms with van der Waals surface area (Å²) in [7, 11) is 1.41. The van der Waals surface area contributed by atoms with Crippen LogP contribution in [0.5, 0.6) is 0 Å². The van der Waals surface area contributed by atoms with Crippen molar-refractivity contribution in [2.24, 2.45) is 11.8 Å². The summed E-state index contributed by atoms with van der Waals surface area (Å²) in [6.45, 7) is 3.85. The fourth-order valence-corrected chi connectivity index (χ4v) is 3.97. The van der Waals surface area contributed by atoms with Gasteiger partial charge in [-0.3, -0.25) is 9.59 Å². The number of rotatable bonds is 7. The monoisotopic (exact) mass is 394 g/mol. The van der Waals surface area contributed by atoms with Gasteiger partial charge in [-0.1, -0.05) is 42.5 Å². The summed E-state index contributed by atoms with van der Waals surface area (Å²) in [6, 6.07) is 17.3. The van der Waals surface area contributed by atoms with Gasteiger partial charge in [0.05, 0.1) is 13.0 Å². The van der Waals surface area contributed by atoms with Gasteiger partial charge in [-0.2, -0.15) is 0 Å². The van der Waals surface area contributed by atoms with Crippen molar-refractivity contribution in [2.45, 2.75) is 32.2 Å². The third kappa shape index (κ3) is 5.67. The van der Waals surface area contributed by atoms with Gasteiger partial charge >= 0.3 is 5.97 Å². The molecule has 1 amide bonds. The molecule has 5 nitrogen and oxygen atoms in total. The van der Waals surface area contributed by atoms with Crippen molar-refractivity contribution in [2.75, 3.05) is 20.2 Å². The zero-order valence-electron chi connectivity index (χ0n) is 17.2. The first-order valence-electron chi connectivity index (χ1n) is 10.3. The molecule has 29 heavy (non-hydrogen) atoms. The molecule has 1 heterocycles.